The van der Waals surface area contributed by atoms with Gasteiger partial charge in [-0.05, 0) is 43.7 Å². The fourth-order valence-electron chi connectivity index (χ4n) is 3.94. The average Bonchev–Trinajstić information content (AvgIpc) is 3.17. The Kier molecular flexibility index (Phi) is 7.31. The van der Waals surface area contributed by atoms with Gasteiger partial charge in [0.2, 0.25) is 0 Å². The lowest BCUT2D eigenvalue weighted by Gasteiger charge is -2.24. The second kappa shape index (κ2) is 10.6. The molecule has 0 N–H and O–H groups in total. The van der Waals surface area contributed by atoms with Gasteiger partial charge >= 0.3 is 5.97 Å². The van der Waals surface area contributed by atoms with Crippen molar-refractivity contribution in [2.24, 2.45) is 4.99 Å². The number of para-hydroxylation sites is 1. The highest BCUT2D eigenvalue weighted by molar-refractivity contribution is 7.07. The highest BCUT2D eigenvalue weighted by Crippen LogP contribution is 2.31. The minimum Gasteiger partial charge on any atom is -0.496 e. The van der Waals surface area contributed by atoms with Crippen molar-refractivity contribution in [3.05, 3.63) is 103 Å². The topological polar surface area (TPSA) is 79.1 Å². The molecule has 0 unspecified atom stereocenters. The molecule has 35 heavy (non-hydrogen) atoms. The lowest BCUT2D eigenvalue weighted by Crippen LogP contribution is -2.39. The molecule has 8 heteroatoms. The maximum Gasteiger partial charge on any atom is 0.338 e. The Balaban J connectivity index is 1.90. The molecule has 0 bridgehead atoms. The van der Waals surface area contributed by atoms with Gasteiger partial charge in [0.25, 0.3) is 5.56 Å². The van der Waals surface area contributed by atoms with E-state index in [2.05, 4.69) is 11.6 Å². The molecule has 0 fully saturated rings. The van der Waals surface area contributed by atoms with Crippen LogP contribution in [-0.4, -0.2) is 30.9 Å². The van der Waals surface area contributed by atoms with Crippen molar-refractivity contribution in [1.29, 1.82) is 0 Å². The molecule has 1 aliphatic rings. The Bertz CT molecular complexity index is 1460. The van der Waals surface area contributed by atoms with Crippen LogP contribution in [0.2, 0.25) is 0 Å². The van der Waals surface area contributed by atoms with E-state index in [1.807, 2.05) is 48.5 Å². The number of thiazole rings is 1. The number of nitrogens with zero attached hydrogens (tertiary/aromatic N) is 2. The van der Waals surface area contributed by atoms with Crippen molar-refractivity contribution in [2.75, 3.05) is 20.3 Å². The van der Waals surface area contributed by atoms with Crippen LogP contribution in [0.25, 0.3) is 6.08 Å². The number of benzene rings is 2. The van der Waals surface area contributed by atoms with E-state index in [-0.39, 0.29) is 12.2 Å². The standard InChI is InChI=1S/C27H26N2O5S/c1-5-15-34-20-13-11-18(12-14-20)24-23(26(31)33-6-2)17(3)28-27-29(24)25(30)22(35-27)16-19-9-7-8-10-21(19)32-4/h5,7-14,16,24H,1,6,15H2,2-4H3/b22-16+/t24-/m1/s1. The molecule has 0 radical (unpaired) electrons. The molecule has 2 heterocycles. The van der Waals surface area contributed by atoms with Crippen LogP contribution in [0, 0.1) is 0 Å². The molecular weight excluding hydrogens is 464 g/mol. The van der Waals surface area contributed by atoms with Crippen LogP contribution >= 0.6 is 11.3 Å². The SMILES string of the molecule is C=CCOc1ccc([C@@H]2C(C(=O)OCC)=C(C)N=c3s/c(=C/c4ccccc4OC)c(=O)n32)cc1. The van der Waals surface area contributed by atoms with Gasteiger partial charge in [-0.3, -0.25) is 9.36 Å². The number of methoxy groups -OCH3 is 1. The Hall–Kier alpha value is -3.91. The molecule has 3 aromatic rings. The summed E-state index contributed by atoms with van der Waals surface area (Å²) in [6.07, 6.45) is 3.45. The van der Waals surface area contributed by atoms with E-state index in [1.165, 1.54) is 11.3 Å². The van der Waals surface area contributed by atoms with Crippen LogP contribution in [0.1, 0.15) is 31.0 Å². The molecule has 1 aliphatic heterocycles. The largest absolute Gasteiger partial charge is 0.496 e. The lowest BCUT2D eigenvalue weighted by atomic mass is 9.96. The maximum absolute atomic E-state index is 13.7. The first-order valence-corrected chi connectivity index (χ1v) is 12.0. The van der Waals surface area contributed by atoms with Crippen molar-refractivity contribution >= 4 is 23.4 Å². The highest BCUT2D eigenvalue weighted by atomic mass is 32.1. The molecule has 1 aromatic heterocycles. The van der Waals surface area contributed by atoms with E-state index in [4.69, 9.17) is 14.2 Å². The smallest absolute Gasteiger partial charge is 0.338 e. The van der Waals surface area contributed by atoms with Crippen LogP contribution < -0.4 is 24.4 Å². The number of esters is 1. The number of rotatable bonds is 8. The third-order valence-corrected chi connectivity index (χ3v) is 6.49. The molecule has 0 saturated heterocycles. The summed E-state index contributed by atoms with van der Waals surface area (Å²) >= 11 is 1.27. The normalized spacial score (nSPS) is 15.3. The van der Waals surface area contributed by atoms with Gasteiger partial charge in [0.05, 0.1) is 35.6 Å². The summed E-state index contributed by atoms with van der Waals surface area (Å²) < 4.78 is 18.4. The molecule has 0 aliphatic carbocycles. The number of aromatic nitrogens is 1. The summed E-state index contributed by atoms with van der Waals surface area (Å²) in [5.41, 5.74) is 2.14. The maximum atomic E-state index is 13.7. The van der Waals surface area contributed by atoms with Gasteiger partial charge in [-0.15, -0.1) is 0 Å². The monoisotopic (exact) mass is 490 g/mol. The summed E-state index contributed by atoms with van der Waals surface area (Å²) in [6.45, 7) is 7.77. The van der Waals surface area contributed by atoms with Gasteiger partial charge in [0.1, 0.15) is 18.1 Å². The summed E-state index contributed by atoms with van der Waals surface area (Å²) in [7, 11) is 1.59. The van der Waals surface area contributed by atoms with Crippen molar-refractivity contribution in [3.8, 4) is 11.5 Å². The van der Waals surface area contributed by atoms with Gasteiger partial charge in [0, 0.05) is 5.56 Å². The first-order chi connectivity index (χ1) is 17.0. The highest BCUT2D eigenvalue weighted by Gasteiger charge is 2.33. The number of allylic oxidation sites excluding steroid dienone is 1. The summed E-state index contributed by atoms with van der Waals surface area (Å²) in [4.78, 5) is 31.8. The van der Waals surface area contributed by atoms with Crippen LogP contribution in [0.3, 0.4) is 0 Å². The van der Waals surface area contributed by atoms with E-state index in [1.54, 1.807) is 37.7 Å². The van der Waals surface area contributed by atoms with E-state index in [0.29, 0.717) is 38.7 Å². The zero-order chi connectivity index (χ0) is 24.9. The second-order valence-electron chi connectivity index (χ2n) is 7.71. The van der Waals surface area contributed by atoms with Crippen molar-refractivity contribution in [3.63, 3.8) is 0 Å². The molecule has 4 rings (SSSR count). The Morgan fingerprint density at radius 1 is 1.20 bits per heavy atom. The predicted molar refractivity (Wildman–Crippen MR) is 136 cm³/mol. The average molecular weight is 491 g/mol. The minimum atomic E-state index is -0.682. The summed E-state index contributed by atoms with van der Waals surface area (Å²) in [5.74, 6) is 0.828. The van der Waals surface area contributed by atoms with Gasteiger partial charge in [-0.1, -0.05) is 54.3 Å². The molecular formula is C27H26N2O5S. The first-order valence-electron chi connectivity index (χ1n) is 11.1. The van der Waals surface area contributed by atoms with Crippen molar-refractivity contribution in [1.82, 2.24) is 4.57 Å². The van der Waals surface area contributed by atoms with Crippen LogP contribution in [-0.2, 0) is 9.53 Å². The third kappa shape index (κ3) is 4.83. The Morgan fingerprint density at radius 3 is 2.63 bits per heavy atom. The molecule has 2 aromatic carbocycles. The molecule has 1 atom stereocenters. The molecule has 7 nitrogen and oxygen atoms in total. The quantitative estimate of drug-likeness (QED) is 0.357. The predicted octanol–water partition coefficient (Wildman–Crippen LogP) is 3.37. The van der Waals surface area contributed by atoms with Gasteiger partial charge in [-0.25, -0.2) is 9.79 Å². The number of ether oxygens (including phenoxy) is 3. The molecule has 180 valence electrons. The van der Waals surface area contributed by atoms with Crippen LogP contribution in [0.15, 0.2) is 82.2 Å². The number of fused-ring (bicyclic) bond motifs is 1. The zero-order valence-electron chi connectivity index (χ0n) is 19.8. The van der Waals surface area contributed by atoms with Gasteiger partial charge < -0.3 is 14.2 Å². The zero-order valence-corrected chi connectivity index (χ0v) is 20.6. The van der Waals surface area contributed by atoms with E-state index in [0.717, 1.165) is 11.1 Å². The minimum absolute atomic E-state index is 0.217. The van der Waals surface area contributed by atoms with Gasteiger partial charge in [-0.2, -0.15) is 0 Å². The number of hydrogen-bond acceptors (Lipinski definition) is 7. The Morgan fingerprint density at radius 2 is 1.94 bits per heavy atom. The number of carbonyl (C=O) groups excluding carboxylic acids is 1. The molecule has 0 saturated carbocycles. The number of carbonyl (C=O) groups is 1. The molecule has 0 spiro atoms. The van der Waals surface area contributed by atoms with E-state index >= 15 is 0 Å². The van der Waals surface area contributed by atoms with Crippen molar-refractivity contribution < 1.29 is 19.0 Å². The fourth-order valence-corrected chi connectivity index (χ4v) is 4.97. The van der Waals surface area contributed by atoms with E-state index < -0.39 is 12.0 Å². The van der Waals surface area contributed by atoms with E-state index in [9.17, 15) is 9.59 Å². The third-order valence-electron chi connectivity index (χ3n) is 5.51. The first kappa shape index (κ1) is 24.2. The fraction of sp³-hybridized carbons (Fsp3) is 0.222. The second-order valence-corrected chi connectivity index (χ2v) is 8.72. The molecule has 0 amide bonds. The Labute approximate surface area is 206 Å². The number of hydrogen-bond donors (Lipinski definition) is 0. The van der Waals surface area contributed by atoms with Gasteiger partial charge in [0.15, 0.2) is 4.80 Å². The van der Waals surface area contributed by atoms with Crippen molar-refractivity contribution in [2.45, 2.75) is 19.9 Å². The van der Waals surface area contributed by atoms with Crippen LogP contribution in [0.4, 0.5) is 0 Å². The lowest BCUT2D eigenvalue weighted by molar-refractivity contribution is -0.139. The summed E-state index contributed by atoms with van der Waals surface area (Å²) in [5, 5.41) is 0. The van der Waals surface area contributed by atoms with Crippen LogP contribution in [0.5, 0.6) is 11.5 Å². The summed E-state index contributed by atoms with van der Waals surface area (Å²) in [6, 6.07) is 14.1.